The first-order valence-corrected chi connectivity index (χ1v) is 12.1. The van der Waals surface area contributed by atoms with Crippen molar-refractivity contribution in [3.05, 3.63) is 35.5 Å². The minimum atomic E-state index is -1.11. The Bertz CT molecular complexity index is 1360. The molecule has 1 saturated carbocycles. The number of aromatic nitrogens is 3. The van der Waals surface area contributed by atoms with E-state index < -0.39 is 30.0 Å². The lowest BCUT2D eigenvalue weighted by Gasteiger charge is -2.34. The number of carbonyl (C=O) groups excluding carboxylic acids is 1. The van der Waals surface area contributed by atoms with E-state index in [1.165, 1.54) is 25.6 Å². The van der Waals surface area contributed by atoms with Crippen LogP contribution < -0.4 is 14.8 Å². The predicted molar refractivity (Wildman–Crippen MR) is 130 cm³/mol. The van der Waals surface area contributed by atoms with Gasteiger partial charge in [-0.15, -0.1) is 0 Å². The monoisotopic (exact) mass is 513 g/mol. The van der Waals surface area contributed by atoms with Crippen molar-refractivity contribution >= 4 is 23.0 Å². The van der Waals surface area contributed by atoms with Crippen molar-refractivity contribution in [2.45, 2.75) is 38.3 Å². The number of methoxy groups -OCH3 is 1. The van der Waals surface area contributed by atoms with E-state index in [1.54, 1.807) is 6.92 Å². The number of benzene rings is 1. The number of carboxylic acid groups (broad SMARTS) is 1. The molecule has 5 rings (SSSR count). The molecule has 2 atom stereocenters. The van der Waals surface area contributed by atoms with Gasteiger partial charge in [0.15, 0.2) is 11.6 Å². The van der Waals surface area contributed by atoms with Gasteiger partial charge < -0.3 is 34.9 Å². The van der Waals surface area contributed by atoms with Crippen molar-refractivity contribution in [1.82, 2.24) is 25.2 Å². The van der Waals surface area contributed by atoms with Crippen LogP contribution in [0.1, 0.15) is 35.3 Å². The second-order valence-electron chi connectivity index (χ2n) is 9.47. The summed E-state index contributed by atoms with van der Waals surface area (Å²) < 4.78 is 25.7. The van der Waals surface area contributed by atoms with E-state index in [0.717, 1.165) is 17.7 Å². The third-order valence-corrected chi connectivity index (χ3v) is 6.84. The molecular formula is C25H28FN5O6. The van der Waals surface area contributed by atoms with Crippen LogP contribution in [-0.4, -0.2) is 81.0 Å². The molecule has 1 aromatic carbocycles. The van der Waals surface area contributed by atoms with Crippen LogP contribution >= 0.6 is 0 Å². The number of ether oxygens (including phenoxy) is 2. The van der Waals surface area contributed by atoms with E-state index in [4.69, 9.17) is 9.47 Å². The second-order valence-corrected chi connectivity index (χ2v) is 9.47. The summed E-state index contributed by atoms with van der Waals surface area (Å²) in [5.74, 6) is -0.296. The van der Waals surface area contributed by atoms with Crippen molar-refractivity contribution in [2.75, 3.05) is 26.8 Å². The minimum absolute atomic E-state index is 0.0241. The average molecular weight is 514 g/mol. The first kappa shape index (κ1) is 24.8. The maximum atomic E-state index is 14.5. The number of rotatable bonds is 7. The third kappa shape index (κ3) is 4.88. The molecule has 12 heteroatoms. The van der Waals surface area contributed by atoms with E-state index in [0.29, 0.717) is 46.3 Å². The molecule has 3 heterocycles. The van der Waals surface area contributed by atoms with Gasteiger partial charge in [0.25, 0.3) is 5.91 Å². The molecule has 1 aliphatic carbocycles. The van der Waals surface area contributed by atoms with Crippen LogP contribution in [0.5, 0.6) is 11.5 Å². The van der Waals surface area contributed by atoms with E-state index in [-0.39, 0.29) is 30.8 Å². The number of piperidine rings is 1. The summed E-state index contributed by atoms with van der Waals surface area (Å²) in [5.41, 5.74) is 2.42. The SMILES string of the molecule is COc1cc(-c2ncnc3c(C(=O)N[C@H]4CN(C(=O)O)CC[C@@H]4O)c(C)[nH]c23)c(OCC2CC2)cc1F. The molecule has 196 valence electrons. The molecule has 2 fully saturated rings. The van der Waals surface area contributed by atoms with Gasteiger partial charge in [0.05, 0.1) is 36.9 Å². The highest BCUT2D eigenvalue weighted by atomic mass is 19.1. The molecule has 0 radical (unpaired) electrons. The number of aromatic amines is 1. The zero-order valence-electron chi connectivity index (χ0n) is 20.5. The number of aliphatic hydroxyl groups is 1. The Morgan fingerprint density at radius 1 is 1.24 bits per heavy atom. The maximum absolute atomic E-state index is 14.5. The molecule has 2 amide bonds. The Morgan fingerprint density at radius 2 is 2.03 bits per heavy atom. The van der Waals surface area contributed by atoms with E-state index >= 15 is 0 Å². The van der Waals surface area contributed by atoms with Crippen LogP contribution in [0.25, 0.3) is 22.3 Å². The number of amides is 2. The molecule has 2 aliphatic rings. The summed E-state index contributed by atoms with van der Waals surface area (Å²) in [4.78, 5) is 37.7. The van der Waals surface area contributed by atoms with Gasteiger partial charge in [-0.2, -0.15) is 0 Å². The number of nitrogens with one attached hydrogen (secondary N) is 2. The summed E-state index contributed by atoms with van der Waals surface area (Å²) in [6.07, 6.45) is 1.67. The maximum Gasteiger partial charge on any atom is 0.407 e. The Morgan fingerprint density at radius 3 is 2.73 bits per heavy atom. The number of hydrogen-bond acceptors (Lipinski definition) is 7. The number of aryl methyl sites for hydroxylation is 1. The van der Waals surface area contributed by atoms with Gasteiger partial charge in [-0.05, 0) is 38.2 Å². The van der Waals surface area contributed by atoms with Gasteiger partial charge >= 0.3 is 6.09 Å². The minimum Gasteiger partial charge on any atom is -0.494 e. The lowest BCUT2D eigenvalue weighted by atomic mass is 10.0. The fraction of sp³-hybridized carbons (Fsp3) is 0.440. The normalized spacial score (nSPS) is 19.6. The first-order valence-electron chi connectivity index (χ1n) is 12.1. The van der Waals surface area contributed by atoms with Crippen molar-refractivity contribution in [3.63, 3.8) is 0 Å². The van der Waals surface area contributed by atoms with Crippen molar-refractivity contribution in [3.8, 4) is 22.8 Å². The van der Waals surface area contributed by atoms with Crippen molar-refractivity contribution in [2.24, 2.45) is 5.92 Å². The van der Waals surface area contributed by atoms with Crippen molar-refractivity contribution < 1.29 is 33.7 Å². The summed E-state index contributed by atoms with van der Waals surface area (Å²) in [6, 6.07) is 2.01. The molecule has 1 saturated heterocycles. The Balaban J connectivity index is 1.51. The molecule has 37 heavy (non-hydrogen) atoms. The highest BCUT2D eigenvalue weighted by Crippen LogP contribution is 2.39. The second kappa shape index (κ2) is 9.85. The lowest BCUT2D eigenvalue weighted by Crippen LogP contribution is -2.56. The topological polar surface area (TPSA) is 150 Å². The molecule has 3 aromatic rings. The summed E-state index contributed by atoms with van der Waals surface area (Å²) in [5, 5.41) is 22.4. The molecule has 11 nitrogen and oxygen atoms in total. The highest BCUT2D eigenvalue weighted by molar-refractivity contribution is 6.09. The largest absolute Gasteiger partial charge is 0.494 e. The van der Waals surface area contributed by atoms with Gasteiger partial charge in [0.1, 0.15) is 23.3 Å². The lowest BCUT2D eigenvalue weighted by molar-refractivity contribution is 0.0439. The number of carbonyl (C=O) groups is 2. The fourth-order valence-corrected chi connectivity index (χ4v) is 4.59. The molecule has 0 spiro atoms. The predicted octanol–water partition coefficient (Wildman–Crippen LogP) is 2.71. The van der Waals surface area contributed by atoms with Gasteiger partial charge in [-0.25, -0.2) is 19.2 Å². The van der Waals surface area contributed by atoms with Crippen LogP contribution in [0.15, 0.2) is 18.5 Å². The van der Waals surface area contributed by atoms with Crippen LogP contribution in [0.4, 0.5) is 9.18 Å². The third-order valence-electron chi connectivity index (χ3n) is 6.84. The Labute approximate surface area is 211 Å². The van der Waals surface area contributed by atoms with Gasteiger partial charge in [-0.1, -0.05) is 0 Å². The number of H-pyrrole nitrogens is 1. The number of nitrogens with zero attached hydrogens (tertiary/aromatic N) is 3. The van der Waals surface area contributed by atoms with E-state index in [9.17, 15) is 24.2 Å². The Kier molecular flexibility index (Phi) is 6.59. The zero-order chi connectivity index (χ0) is 26.3. The molecule has 2 aromatic heterocycles. The van der Waals surface area contributed by atoms with E-state index in [2.05, 4.69) is 20.3 Å². The molecule has 0 unspecified atom stereocenters. The zero-order valence-corrected chi connectivity index (χ0v) is 20.5. The van der Waals surface area contributed by atoms with Crippen LogP contribution in [0.2, 0.25) is 0 Å². The summed E-state index contributed by atoms with van der Waals surface area (Å²) >= 11 is 0. The number of halogens is 1. The first-order chi connectivity index (χ1) is 17.8. The molecule has 0 bridgehead atoms. The van der Waals surface area contributed by atoms with Crippen LogP contribution in [0.3, 0.4) is 0 Å². The van der Waals surface area contributed by atoms with Gasteiger partial charge in [0, 0.05) is 30.4 Å². The number of likely N-dealkylation sites (tertiary alicyclic amines) is 1. The number of fused-ring (bicyclic) bond motifs is 1. The Hall–Kier alpha value is -3.93. The average Bonchev–Trinajstić information content (AvgIpc) is 3.63. The van der Waals surface area contributed by atoms with E-state index in [1.807, 2.05) is 0 Å². The molecule has 4 N–H and O–H groups in total. The number of aliphatic hydroxyl groups excluding tert-OH is 1. The smallest absolute Gasteiger partial charge is 0.407 e. The van der Waals surface area contributed by atoms with Gasteiger partial charge in [-0.3, -0.25) is 4.79 Å². The summed E-state index contributed by atoms with van der Waals surface area (Å²) in [6.45, 7) is 2.33. The fourth-order valence-electron chi connectivity index (χ4n) is 4.59. The van der Waals surface area contributed by atoms with Crippen LogP contribution in [0, 0.1) is 18.7 Å². The quantitative estimate of drug-likeness (QED) is 0.377. The van der Waals surface area contributed by atoms with Crippen molar-refractivity contribution in [1.29, 1.82) is 0 Å². The standard InChI is InChI=1S/C25H28FN5O6/c1-12-20(24(33)30-16-9-31(25(34)35)6-5-17(16)32)22-23(29-12)21(27-11-28-22)14-7-19(36-2)15(26)8-18(14)37-10-13-3-4-13/h7-8,11,13,16-17,29,32H,3-6,9-10H2,1-2H3,(H,30,33)(H,34,35)/t16-,17-/m0/s1. The van der Waals surface area contributed by atoms with Crippen LogP contribution in [-0.2, 0) is 0 Å². The number of hydrogen-bond donors (Lipinski definition) is 4. The highest BCUT2D eigenvalue weighted by Gasteiger charge is 2.33. The molecular weight excluding hydrogens is 485 g/mol. The molecule has 1 aliphatic heterocycles. The van der Waals surface area contributed by atoms with Gasteiger partial charge in [0.2, 0.25) is 0 Å². The summed E-state index contributed by atoms with van der Waals surface area (Å²) in [7, 11) is 1.37.